The minimum Gasteiger partial charge on any atom is -0.268 e. The van der Waals surface area contributed by atoms with E-state index in [2.05, 4.69) is 15.9 Å². The molecule has 0 saturated carbocycles. The highest BCUT2D eigenvalue weighted by Gasteiger charge is 2.12. The van der Waals surface area contributed by atoms with Crippen molar-refractivity contribution in [3.8, 4) is 0 Å². The summed E-state index contributed by atoms with van der Waals surface area (Å²) in [6.07, 6.45) is 0.865. The first-order valence-electron chi connectivity index (χ1n) is 3.77. The lowest BCUT2D eigenvalue weighted by atomic mass is 10.2. The Bertz CT molecular complexity index is 501. The molecule has 82 valence electrons. The quantitative estimate of drug-likeness (QED) is 0.894. The van der Waals surface area contributed by atoms with Gasteiger partial charge in [0.05, 0.1) is 10.7 Å². The van der Waals surface area contributed by atoms with E-state index in [0.29, 0.717) is 0 Å². The van der Waals surface area contributed by atoms with Crippen LogP contribution >= 0.6 is 15.9 Å². The van der Waals surface area contributed by atoms with Crippen LogP contribution in [0.3, 0.4) is 0 Å². The van der Waals surface area contributed by atoms with Crippen molar-refractivity contribution >= 4 is 31.9 Å². The minimum absolute atomic E-state index is 0.0636. The topological polar surface area (TPSA) is 63.2 Å². The highest BCUT2D eigenvalue weighted by molar-refractivity contribution is 9.10. The van der Waals surface area contributed by atoms with Gasteiger partial charge in [0.1, 0.15) is 5.82 Å². The van der Waals surface area contributed by atoms with E-state index in [1.807, 2.05) is 0 Å². The van der Waals surface area contributed by atoms with E-state index < -0.39 is 21.7 Å². The molecule has 0 aromatic heterocycles. The fourth-order valence-electron chi connectivity index (χ4n) is 0.865. The van der Waals surface area contributed by atoms with E-state index in [1.54, 1.807) is 4.72 Å². The van der Waals surface area contributed by atoms with E-state index in [1.165, 1.54) is 12.1 Å². The zero-order chi connectivity index (χ0) is 11.6. The van der Waals surface area contributed by atoms with Crippen LogP contribution in [0.4, 0.5) is 4.39 Å². The molecular weight excluding hydrogens is 289 g/mol. The molecular formula is C8H7BrFNO3S. The zero-order valence-electron chi connectivity index (χ0n) is 7.62. The van der Waals surface area contributed by atoms with Gasteiger partial charge in [0.2, 0.25) is 10.0 Å². The van der Waals surface area contributed by atoms with Gasteiger partial charge in [-0.2, -0.15) is 0 Å². The van der Waals surface area contributed by atoms with Crippen LogP contribution in [0.5, 0.6) is 0 Å². The molecule has 1 amide bonds. The molecule has 0 bridgehead atoms. The van der Waals surface area contributed by atoms with E-state index in [4.69, 9.17) is 0 Å². The fraction of sp³-hybridized carbons (Fsp3) is 0.125. The summed E-state index contributed by atoms with van der Waals surface area (Å²) < 4.78 is 36.2. The largest absolute Gasteiger partial charge is 0.268 e. The smallest absolute Gasteiger partial charge is 0.264 e. The molecule has 0 radical (unpaired) electrons. The van der Waals surface area contributed by atoms with E-state index >= 15 is 0 Å². The average molecular weight is 296 g/mol. The molecule has 0 aliphatic carbocycles. The van der Waals surface area contributed by atoms with E-state index in [9.17, 15) is 17.6 Å². The summed E-state index contributed by atoms with van der Waals surface area (Å²) in [6, 6.07) is 3.47. The van der Waals surface area contributed by atoms with Gasteiger partial charge < -0.3 is 0 Å². The first-order valence-corrected chi connectivity index (χ1v) is 6.45. The van der Waals surface area contributed by atoms with E-state index in [-0.39, 0.29) is 10.0 Å². The van der Waals surface area contributed by atoms with Crippen molar-refractivity contribution in [3.05, 3.63) is 34.1 Å². The zero-order valence-corrected chi connectivity index (χ0v) is 10.0. The Labute approximate surface area is 94.7 Å². The molecule has 4 nitrogen and oxygen atoms in total. The second-order valence-corrected chi connectivity index (χ2v) is 5.44. The second-order valence-electron chi connectivity index (χ2n) is 2.83. The molecule has 1 rings (SSSR count). The normalized spacial score (nSPS) is 11.1. The monoisotopic (exact) mass is 295 g/mol. The standard InChI is InChI=1S/C8H7BrFNO3S/c1-15(13,14)11-8(12)5-2-3-7(10)6(9)4-5/h2-4H,1H3,(H,11,12). The maximum Gasteiger partial charge on any atom is 0.264 e. The number of carbonyl (C=O) groups excluding carboxylic acids is 1. The molecule has 0 aliphatic rings. The molecule has 1 aromatic carbocycles. The first kappa shape index (κ1) is 12.1. The van der Waals surface area contributed by atoms with Crippen LogP contribution in [0.1, 0.15) is 10.4 Å². The van der Waals surface area contributed by atoms with Crippen molar-refractivity contribution in [2.45, 2.75) is 0 Å². The van der Waals surface area contributed by atoms with Gasteiger partial charge in [0, 0.05) is 5.56 Å². The molecule has 0 fully saturated rings. The van der Waals surface area contributed by atoms with Crippen LogP contribution in [0, 0.1) is 5.82 Å². The Morgan fingerprint density at radius 3 is 2.53 bits per heavy atom. The Hall–Kier alpha value is -0.950. The lowest BCUT2D eigenvalue weighted by Crippen LogP contribution is -2.29. The fourth-order valence-corrected chi connectivity index (χ4v) is 1.70. The third-order valence-corrected chi connectivity index (χ3v) is 2.62. The minimum atomic E-state index is -3.60. The first-order chi connectivity index (χ1) is 6.79. The van der Waals surface area contributed by atoms with Crippen LogP contribution in [0.2, 0.25) is 0 Å². The van der Waals surface area contributed by atoms with Gasteiger partial charge in [-0.1, -0.05) is 0 Å². The van der Waals surface area contributed by atoms with Crippen LogP contribution < -0.4 is 4.72 Å². The number of hydrogen-bond donors (Lipinski definition) is 1. The van der Waals surface area contributed by atoms with Gasteiger partial charge in [-0.3, -0.25) is 4.79 Å². The number of sulfonamides is 1. The summed E-state index contributed by atoms with van der Waals surface area (Å²) in [5, 5.41) is 0. The summed E-state index contributed by atoms with van der Waals surface area (Å²) in [6.45, 7) is 0. The van der Waals surface area contributed by atoms with Crippen molar-refractivity contribution in [3.63, 3.8) is 0 Å². The third kappa shape index (κ3) is 3.60. The van der Waals surface area contributed by atoms with Gasteiger partial charge >= 0.3 is 0 Å². The molecule has 1 N–H and O–H groups in total. The molecule has 7 heteroatoms. The van der Waals surface area contributed by atoms with Crippen molar-refractivity contribution < 1.29 is 17.6 Å². The summed E-state index contributed by atoms with van der Waals surface area (Å²) in [5.74, 6) is -1.32. The summed E-state index contributed by atoms with van der Waals surface area (Å²) in [7, 11) is -3.60. The van der Waals surface area contributed by atoms with Crippen molar-refractivity contribution in [1.29, 1.82) is 0 Å². The van der Waals surface area contributed by atoms with Crippen molar-refractivity contribution in [2.24, 2.45) is 0 Å². The Morgan fingerprint density at radius 2 is 2.07 bits per heavy atom. The molecule has 0 unspecified atom stereocenters. The van der Waals surface area contributed by atoms with Gasteiger partial charge in [0.15, 0.2) is 0 Å². The van der Waals surface area contributed by atoms with Gasteiger partial charge in [-0.05, 0) is 34.1 Å². The maximum atomic E-state index is 12.8. The predicted octanol–water partition coefficient (Wildman–Crippen LogP) is 1.28. The predicted molar refractivity (Wildman–Crippen MR) is 56.4 cm³/mol. The Morgan fingerprint density at radius 1 is 1.47 bits per heavy atom. The SMILES string of the molecule is CS(=O)(=O)NC(=O)c1ccc(F)c(Br)c1. The lowest BCUT2D eigenvalue weighted by molar-refractivity contribution is 0.0981. The number of hydrogen-bond acceptors (Lipinski definition) is 3. The number of halogens is 2. The van der Waals surface area contributed by atoms with Crippen molar-refractivity contribution in [1.82, 2.24) is 4.72 Å². The molecule has 0 spiro atoms. The van der Waals surface area contributed by atoms with E-state index in [0.717, 1.165) is 12.3 Å². The Balaban J connectivity index is 2.98. The van der Waals surface area contributed by atoms with Crippen LogP contribution in [0.25, 0.3) is 0 Å². The van der Waals surface area contributed by atoms with Gasteiger partial charge in [-0.25, -0.2) is 17.5 Å². The number of benzene rings is 1. The number of carbonyl (C=O) groups is 1. The highest BCUT2D eigenvalue weighted by Crippen LogP contribution is 2.16. The van der Waals surface area contributed by atoms with Crippen LogP contribution in [-0.2, 0) is 10.0 Å². The number of amides is 1. The third-order valence-electron chi connectivity index (χ3n) is 1.46. The van der Waals surface area contributed by atoms with Crippen LogP contribution in [-0.4, -0.2) is 20.6 Å². The summed E-state index contributed by atoms with van der Waals surface area (Å²) >= 11 is 2.89. The molecule has 1 aromatic rings. The maximum absolute atomic E-state index is 12.8. The number of nitrogens with one attached hydrogen (secondary N) is 1. The molecule has 0 heterocycles. The summed E-state index contributed by atoms with van der Waals surface area (Å²) in [5.41, 5.74) is 0.0636. The van der Waals surface area contributed by atoms with Gasteiger partial charge in [-0.15, -0.1) is 0 Å². The van der Waals surface area contributed by atoms with Gasteiger partial charge in [0.25, 0.3) is 5.91 Å². The molecule has 0 atom stereocenters. The van der Waals surface area contributed by atoms with Crippen molar-refractivity contribution in [2.75, 3.05) is 6.26 Å². The summed E-state index contributed by atoms with van der Waals surface area (Å²) in [4.78, 5) is 11.3. The molecule has 0 aliphatic heterocycles. The number of rotatable bonds is 2. The van der Waals surface area contributed by atoms with Crippen LogP contribution in [0.15, 0.2) is 22.7 Å². The second kappa shape index (κ2) is 4.28. The molecule has 15 heavy (non-hydrogen) atoms. The highest BCUT2D eigenvalue weighted by atomic mass is 79.9. The molecule has 0 saturated heterocycles. The average Bonchev–Trinajstić information content (AvgIpc) is 2.06. The lowest BCUT2D eigenvalue weighted by Gasteiger charge is -2.03. The Kier molecular flexibility index (Phi) is 3.46.